The second-order valence-electron chi connectivity index (χ2n) is 28.8. The minimum Gasteiger partial charge on any atom is -0.455 e. The summed E-state index contributed by atoms with van der Waals surface area (Å²) in [5, 5.41) is 16.7. The first kappa shape index (κ1) is 74.7. The highest BCUT2D eigenvalue weighted by Gasteiger charge is 2.54. The van der Waals surface area contributed by atoms with Crippen molar-refractivity contribution in [2.24, 2.45) is 22.7 Å². The van der Waals surface area contributed by atoms with Crippen molar-refractivity contribution in [1.29, 1.82) is 0 Å². The third kappa shape index (κ3) is 18.6. The number of anilines is 2. The van der Waals surface area contributed by atoms with Gasteiger partial charge in [0.1, 0.15) is 47.0 Å². The van der Waals surface area contributed by atoms with Gasteiger partial charge in [0, 0.05) is 166 Å². The van der Waals surface area contributed by atoms with E-state index >= 15 is 0 Å². The Kier molecular flexibility index (Phi) is 25.3. The highest BCUT2D eigenvalue weighted by atomic mass is 19.1. The van der Waals surface area contributed by atoms with E-state index in [9.17, 15) is 28.0 Å². The van der Waals surface area contributed by atoms with Crippen LogP contribution in [0.4, 0.5) is 20.4 Å². The zero-order chi connectivity index (χ0) is 69.9. The number of likely N-dealkylation sites (tertiary alicyclic amines) is 2. The summed E-state index contributed by atoms with van der Waals surface area (Å²) in [6.07, 6.45) is 7.87. The molecule has 6 heterocycles. The van der Waals surface area contributed by atoms with E-state index in [0.29, 0.717) is 103 Å². The number of ether oxygens (including phenoxy) is 6. The van der Waals surface area contributed by atoms with Crippen LogP contribution in [0.5, 0.6) is 23.3 Å². The molecule has 0 saturated carbocycles. The summed E-state index contributed by atoms with van der Waals surface area (Å²) in [5.74, 6) is -1.27. The number of carbonyl (C=O) groups is 4. The summed E-state index contributed by atoms with van der Waals surface area (Å²) >= 11 is 0. The third-order valence-electron chi connectivity index (χ3n) is 19.4. The maximum absolute atomic E-state index is 14.7. The number of hydrogen-bond donors (Lipinski definition) is 0. The molecule has 4 aliphatic rings. The van der Waals surface area contributed by atoms with E-state index in [-0.39, 0.29) is 93.0 Å². The predicted octanol–water partition coefficient (Wildman–Crippen LogP) is 8.53. The van der Waals surface area contributed by atoms with E-state index in [4.69, 9.17) is 28.4 Å². The monoisotopic (exact) mass is 1340 g/mol. The molecule has 2 aromatic carbocycles. The van der Waals surface area contributed by atoms with Crippen LogP contribution in [0.3, 0.4) is 0 Å². The van der Waals surface area contributed by atoms with Gasteiger partial charge < -0.3 is 57.8 Å². The lowest BCUT2D eigenvalue weighted by atomic mass is 9.75. The maximum atomic E-state index is 14.7. The molecular weight excluding hydrogens is 1230 g/mol. The molecule has 4 fully saturated rings. The highest BCUT2D eigenvalue weighted by Crippen LogP contribution is 2.48. The van der Waals surface area contributed by atoms with Crippen LogP contribution in [-0.4, -0.2) is 252 Å². The van der Waals surface area contributed by atoms with Crippen molar-refractivity contribution < 1.29 is 56.4 Å². The molecule has 0 bridgehead atoms. The van der Waals surface area contributed by atoms with Gasteiger partial charge in [-0.3, -0.25) is 19.4 Å². The SMILES string of the molecule is CCN(C(=O)c1cc(F)ccc1Oc1nncnc1N1CCC2(C1)CN(C(CC(C)(CN(C)CCOC)OC(=O)/C=C/C(=O)OC(C)(CC(C(C)C)N1CC3(CCN(c4ncnnc4Oc4ccc(F)cc4C(=O)N(CC)C(C)C)C3)C1)CN(C)CCOC)C(C)C)C2)C(C)C. The number of likely N-dealkylation sites (N-methyl/N-ethyl adjacent to an activating group) is 2. The lowest BCUT2D eigenvalue weighted by molar-refractivity contribution is -0.161. The lowest BCUT2D eigenvalue weighted by Gasteiger charge is -2.54. The summed E-state index contributed by atoms with van der Waals surface area (Å²) in [7, 11) is 7.26. The van der Waals surface area contributed by atoms with Crippen LogP contribution >= 0.6 is 0 Å². The average Bonchev–Trinajstić information content (AvgIpc) is 1.51. The Hall–Kier alpha value is -7.10. The van der Waals surface area contributed by atoms with Crippen molar-refractivity contribution in [3.8, 4) is 23.3 Å². The summed E-state index contributed by atoms with van der Waals surface area (Å²) in [5.41, 5.74) is -1.98. The molecule has 528 valence electrons. The molecule has 4 atom stereocenters. The van der Waals surface area contributed by atoms with E-state index in [1.54, 1.807) is 24.0 Å². The third-order valence-corrected chi connectivity index (χ3v) is 19.4. The van der Waals surface area contributed by atoms with Crippen LogP contribution in [0.2, 0.25) is 0 Å². The van der Waals surface area contributed by atoms with Crippen LogP contribution in [0, 0.1) is 34.3 Å². The van der Waals surface area contributed by atoms with Crippen LogP contribution in [-0.2, 0) is 28.5 Å². The van der Waals surface area contributed by atoms with Crippen molar-refractivity contribution in [3.05, 3.63) is 84.0 Å². The Morgan fingerprint density at radius 3 is 1.30 bits per heavy atom. The number of benzene rings is 2. The Morgan fingerprint density at radius 1 is 0.594 bits per heavy atom. The lowest BCUT2D eigenvalue weighted by Crippen LogP contribution is -2.63. The molecule has 4 saturated heterocycles. The molecule has 24 nitrogen and oxygen atoms in total. The average molecular weight is 1340 g/mol. The van der Waals surface area contributed by atoms with Crippen LogP contribution < -0.4 is 19.3 Å². The first-order valence-electron chi connectivity index (χ1n) is 33.9. The number of rotatable bonds is 34. The summed E-state index contributed by atoms with van der Waals surface area (Å²) in [4.78, 5) is 81.7. The molecule has 8 rings (SSSR count). The Morgan fingerprint density at radius 2 is 0.969 bits per heavy atom. The number of esters is 2. The quantitative estimate of drug-likeness (QED) is 0.0315. The van der Waals surface area contributed by atoms with Crippen molar-refractivity contribution in [2.45, 2.75) is 144 Å². The smallest absolute Gasteiger partial charge is 0.331 e. The Balaban J connectivity index is 0.913. The topological polar surface area (TPSA) is 227 Å². The number of halogens is 2. The van der Waals surface area contributed by atoms with Gasteiger partial charge in [-0.05, 0) is 131 Å². The number of carbonyl (C=O) groups excluding carboxylic acids is 4. The molecule has 4 unspecified atom stereocenters. The largest absolute Gasteiger partial charge is 0.455 e. The minimum absolute atomic E-state index is 0.0142. The Bertz CT molecular complexity index is 3100. The summed E-state index contributed by atoms with van der Waals surface area (Å²) in [6, 6.07) is 7.55. The van der Waals surface area contributed by atoms with Crippen molar-refractivity contribution in [1.82, 2.24) is 59.8 Å². The van der Waals surface area contributed by atoms with Crippen LogP contribution in [0.1, 0.15) is 129 Å². The van der Waals surface area contributed by atoms with Crippen molar-refractivity contribution >= 4 is 35.4 Å². The zero-order valence-corrected chi connectivity index (χ0v) is 59.5. The molecule has 0 radical (unpaired) electrons. The molecule has 4 aliphatic heterocycles. The number of amides is 2. The molecule has 2 spiro atoms. The van der Waals surface area contributed by atoms with Gasteiger partial charge in [-0.1, -0.05) is 27.7 Å². The number of nitrogens with zero attached hydrogens (tertiary/aromatic N) is 14. The molecule has 2 amide bonds. The molecule has 2 aromatic heterocycles. The molecule has 4 aromatic rings. The van der Waals surface area contributed by atoms with E-state index in [1.807, 2.05) is 69.5 Å². The van der Waals surface area contributed by atoms with Gasteiger partial charge in [-0.25, -0.2) is 28.3 Å². The molecule has 0 aliphatic carbocycles. The first-order chi connectivity index (χ1) is 45.5. The van der Waals surface area contributed by atoms with Crippen molar-refractivity contribution in [2.75, 3.05) is 143 Å². The maximum Gasteiger partial charge on any atom is 0.331 e. The number of methoxy groups -OCH3 is 2. The van der Waals surface area contributed by atoms with Crippen molar-refractivity contribution in [3.63, 3.8) is 0 Å². The van der Waals surface area contributed by atoms with Gasteiger partial charge in [0.05, 0.1) is 24.3 Å². The fraction of sp³-hybridized carbons (Fsp3) is 0.657. The number of aromatic nitrogens is 6. The standard InChI is InChI=1S/C70H104F2N14O10/c1-17-85(49(7)8)65(89)53-33-51(71)19-21-57(53)93-63-61(73-45-75-77-63)81-27-25-69(39-81)41-83(42-69)55(47(3)4)35-67(11,37-79(13)29-31-91-15)95-59(87)23-24-60(88)96-68(12,38-80(14)30-32-92-16)36-56(48(5)6)84-43-70(44-84)26-28-82(40-70)62-64(78-76-46-74-62)94-58-22-20-52(72)34-54(58)66(90)86(18-2)50(9)10/h19-24,33-34,45-50,55-56H,17-18,25-32,35-44H2,1-16H3/b24-23+. The van der Waals surface area contributed by atoms with Gasteiger partial charge in [0.15, 0.2) is 11.6 Å². The zero-order valence-electron chi connectivity index (χ0n) is 59.5. The summed E-state index contributed by atoms with van der Waals surface area (Å²) in [6.45, 7) is 33.7. The van der Waals surface area contributed by atoms with Gasteiger partial charge in [-0.15, -0.1) is 20.4 Å². The minimum atomic E-state index is -0.995. The van der Waals surface area contributed by atoms with Gasteiger partial charge in [-0.2, -0.15) is 0 Å². The van der Waals surface area contributed by atoms with Crippen LogP contribution in [0.25, 0.3) is 0 Å². The molecule has 96 heavy (non-hydrogen) atoms. The predicted molar refractivity (Wildman–Crippen MR) is 361 cm³/mol. The summed E-state index contributed by atoms with van der Waals surface area (Å²) < 4.78 is 65.8. The van der Waals surface area contributed by atoms with Gasteiger partial charge in [0.25, 0.3) is 23.6 Å². The molecule has 0 N–H and O–H groups in total. The van der Waals surface area contributed by atoms with E-state index in [2.05, 4.69) is 87.5 Å². The van der Waals surface area contributed by atoms with Gasteiger partial charge in [0.2, 0.25) is 0 Å². The molecule has 26 heteroatoms. The first-order valence-corrected chi connectivity index (χ1v) is 33.9. The van der Waals surface area contributed by atoms with Crippen LogP contribution in [0.15, 0.2) is 61.2 Å². The Labute approximate surface area is 566 Å². The van der Waals surface area contributed by atoms with E-state index in [1.165, 1.54) is 61.2 Å². The molecular formula is C70H104F2N14O10. The van der Waals surface area contributed by atoms with E-state index in [0.717, 1.165) is 39.0 Å². The highest BCUT2D eigenvalue weighted by molar-refractivity contribution is 5.98. The fourth-order valence-corrected chi connectivity index (χ4v) is 14.7. The normalized spacial score (nSPS) is 18.2. The van der Waals surface area contributed by atoms with Gasteiger partial charge >= 0.3 is 11.9 Å². The fourth-order valence-electron chi connectivity index (χ4n) is 14.7. The van der Waals surface area contributed by atoms with E-state index < -0.39 is 34.8 Å². The number of hydrogen-bond acceptors (Lipinski definition) is 22. The second kappa shape index (κ2) is 32.5. The second-order valence-corrected chi connectivity index (χ2v) is 28.8.